The minimum Gasteiger partial charge on any atom is -0.299 e. The molecule has 3 rings (SSSR count). The molecule has 1 aromatic rings. The van der Waals surface area contributed by atoms with Gasteiger partial charge in [0, 0.05) is 13.1 Å². The average Bonchev–Trinajstić information content (AvgIpc) is 2.54. The van der Waals surface area contributed by atoms with Crippen molar-refractivity contribution in [2.24, 2.45) is 10.8 Å². The summed E-state index contributed by atoms with van der Waals surface area (Å²) in [5.41, 5.74) is 2.70. The Kier molecular flexibility index (Phi) is 6.09. The first-order valence-electron chi connectivity index (χ1n) is 9.33. The van der Waals surface area contributed by atoms with Gasteiger partial charge >= 0.3 is 0 Å². The smallest absolute Gasteiger partial charge is 0.0233 e. The van der Waals surface area contributed by atoms with E-state index in [0.29, 0.717) is 10.8 Å². The van der Waals surface area contributed by atoms with E-state index in [0.717, 1.165) is 6.54 Å². The predicted molar refractivity (Wildman–Crippen MR) is 97.0 cm³/mol. The Bertz CT molecular complexity index is 424. The maximum Gasteiger partial charge on any atom is 0.0233 e. The molecule has 0 aromatic heterocycles. The van der Waals surface area contributed by atoms with Crippen LogP contribution in [0.1, 0.15) is 71.8 Å². The predicted octanol–water partition coefficient (Wildman–Crippen LogP) is 5.90. The largest absolute Gasteiger partial charge is 0.299 e. The lowest BCUT2D eigenvalue weighted by molar-refractivity contribution is 0.0170. The van der Waals surface area contributed by atoms with Gasteiger partial charge in [-0.15, -0.1) is 0 Å². The fraction of sp³-hybridized carbons (Fsp3) is 0.714. The van der Waals surface area contributed by atoms with Crippen LogP contribution < -0.4 is 0 Å². The monoisotopic (exact) mass is 301 g/mol. The highest BCUT2D eigenvalue weighted by Gasteiger charge is 2.40. The van der Waals surface area contributed by atoms with Crippen LogP contribution in [-0.2, 0) is 6.54 Å². The Morgan fingerprint density at radius 1 is 0.909 bits per heavy atom. The molecule has 1 heteroatoms. The van der Waals surface area contributed by atoms with Crippen molar-refractivity contribution in [3.05, 3.63) is 35.9 Å². The van der Waals surface area contributed by atoms with Crippen molar-refractivity contribution in [3.8, 4) is 0 Å². The lowest BCUT2D eigenvalue weighted by Gasteiger charge is -2.49. The molecule has 2 fully saturated rings. The molecule has 0 amide bonds. The van der Waals surface area contributed by atoms with Gasteiger partial charge in [0.15, 0.2) is 0 Å². The van der Waals surface area contributed by atoms with E-state index < -0.39 is 0 Å². The van der Waals surface area contributed by atoms with Gasteiger partial charge in [-0.3, -0.25) is 4.90 Å². The van der Waals surface area contributed by atoms with Crippen molar-refractivity contribution in [2.75, 3.05) is 13.1 Å². The highest BCUT2D eigenvalue weighted by Crippen LogP contribution is 2.49. The van der Waals surface area contributed by atoms with Crippen molar-refractivity contribution in [2.45, 2.75) is 72.8 Å². The second kappa shape index (κ2) is 7.64. The highest BCUT2D eigenvalue weighted by molar-refractivity contribution is 5.14. The Hall–Kier alpha value is -0.820. The molecule has 1 aliphatic carbocycles. The summed E-state index contributed by atoms with van der Waals surface area (Å²) in [7, 11) is 0. The molecule has 1 aromatic carbocycles. The summed E-state index contributed by atoms with van der Waals surface area (Å²) < 4.78 is 0. The van der Waals surface area contributed by atoms with Gasteiger partial charge < -0.3 is 0 Å². The number of rotatable bonds is 2. The molecule has 0 atom stereocenters. The molecule has 0 bridgehead atoms. The van der Waals surface area contributed by atoms with E-state index in [-0.39, 0.29) is 0 Å². The van der Waals surface area contributed by atoms with Crippen LogP contribution in [0.15, 0.2) is 30.3 Å². The number of likely N-dealkylation sites (tertiary alicyclic amines) is 1. The van der Waals surface area contributed by atoms with E-state index in [2.05, 4.69) is 49.1 Å². The second-order valence-electron chi connectivity index (χ2n) is 7.96. The normalized spacial score (nSPS) is 23.6. The van der Waals surface area contributed by atoms with Crippen LogP contribution in [-0.4, -0.2) is 18.0 Å². The maximum atomic E-state index is 2.71. The van der Waals surface area contributed by atoms with Crippen molar-refractivity contribution in [1.29, 1.82) is 0 Å². The van der Waals surface area contributed by atoms with Crippen molar-refractivity contribution < 1.29 is 0 Å². The van der Waals surface area contributed by atoms with Gasteiger partial charge in [-0.2, -0.15) is 0 Å². The third-order valence-corrected chi connectivity index (χ3v) is 5.65. The third-order valence-electron chi connectivity index (χ3n) is 5.65. The molecule has 1 saturated carbocycles. The Labute approximate surface area is 138 Å². The van der Waals surface area contributed by atoms with E-state index in [1.807, 2.05) is 13.8 Å². The zero-order valence-corrected chi connectivity index (χ0v) is 15.2. The Balaban J connectivity index is 0.000000847. The van der Waals surface area contributed by atoms with Gasteiger partial charge in [-0.1, -0.05) is 58.0 Å². The Morgan fingerprint density at radius 2 is 1.55 bits per heavy atom. The minimum atomic E-state index is 0.590. The quantitative estimate of drug-likeness (QED) is 0.658. The summed E-state index contributed by atoms with van der Waals surface area (Å²) in [6.45, 7) is 12.7. The van der Waals surface area contributed by atoms with Crippen LogP contribution in [0.5, 0.6) is 0 Å². The molecule has 2 aliphatic rings. The number of benzene rings is 1. The summed E-state index contributed by atoms with van der Waals surface area (Å²) in [6, 6.07) is 11.0. The SMILES string of the molecule is CC.CC1(C)CCC2(CCCN(Cc3ccccc3)C2)CC1. The molecule has 0 unspecified atom stereocenters. The molecule has 1 spiro atoms. The summed E-state index contributed by atoms with van der Waals surface area (Å²) in [5, 5.41) is 0. The molecule has 124 valence electrons. The zero-order valence-electron chi connectivity index (χ0n) is 15.2. The first-order valence-corrected chi connectivity index (χ1v) is 9.33. The van der Waals surface area contributed by atoms with Gasteiger partial charge in [-0.25, -0.2) is 0 Å². The molecule has 1 aliphatic heterocycles. The minimum absolute atomic E-state index is 0.590. The summed E-state index contributed by atoms with van der Waals surface area (Å²) >= 11 is 0. The molecule has 1 heterocycles. The zero-order chi connectivity index (χ0) is 16.1. The van der Waals surface area contributed by atoms with Gasteiger partial charge in [-0.05, 0) is 61.5 Å². The van der Waals surface area contributed by atoms with E-state index in [9.17, 15) is 0 Å². The molecular weight excluding hydrogens is 266 g/mol. The fourth-order valence-electron chi connectivity index (χ4n) is 4.15. The molecule has 0 N–H and O–H groups in total. The fourth-order valence-corrected chi connectivity index (χ4v) is 4.15. The second-order valence-corrected chi connectivity index (χ2v) is 7.96. The van der Waals surface area contributed by atoms with E-state index >= 15 is 0 Å². The van der Waals surface area contributed by atoms with Gasteiger partial charge in [0.25, 0.3) is 0 Å². The van der Waals surface area contributed by atoms with Crippen LogP contribution in [0.25, 0.3) is 0 Å². The lowest BCUT2D eigenvalue weighted by Crippen LogP contribution is -2.45. The standard InChI is InChI=1S/C19H29N.C2H6/c1-18(2)10-12-19(13-11-18)9-6-14-20(16-19)15-17-7-4-3-5-8-17;1-2/h3-5,7-8H,6,9-16H2,1-2H3;1-2H3. The number of hydrogen-bond donors (Lipinski definition) is 0. The maximum absolute atomic E-state index is 2.71. The lowest BCUT2D eigenvalue weighted by atomic mass is 9.62. The summed E-state index contributed by atoms with van der Waals surface area (Å²) in [6.07, 6.45) is 8.61. The van der Waals surface area contributed by atoms with Crippen molar-refractivity contribution in [1.82, 2.24) is 4.90 Å². The van der Waals surface area contributed by atoms with Crippen molar-refractivity contribution in [3.63, 3.8) is 0 Å². The molecular formula is C21H35N. The molecule has 22 heavy (non-hydrogen) atoms. The molecule has 1 saturated heterocycles. The molecule has 0 radical (unpaired) electrons. The van der Waals surface area contributed by atoms with E-state index in [1.165, 1.54) is 57.2 Å². The molecule has 1 nitrogen and oxygen atoms in total. The van der Waals surface area contributed by atoms with Crippen LogP contribution >= 0.6 is 0 Å². The van der Waals surface area contributed by atoms with Crippen molar-refractivity contribution >= 4 is 0 Å². The Morgan fingerprint density at radius 3 is 2.18 bits per heavy atom. The van der Waals surface area contributed by atoms with Crippen LogP contribution in [0.2, 0.25) is 0 Å². The van der Waals surface area contributed by atoms with Gasteiger partial charge in [0.05, 0.1) is 0 Å². The topological polar surface area (TPSA) is 3.24 Å². The van der Waals surface area contributed by atoms with Crippen LogP contribution in [0.4, 0.5) is 0 Å². The number of piperidine rings is 1. The van der Waals surface area contributed by atoms with Gasteiger partial charge in [0.2, 0.25) is 0 Å². The number of hydrogen-bond acceptors (Lipinski definition) is 1. The average molecular weight is 302 g/mol. The summed E-state index contributed by atoms with van der Waals surface area (Å²) in [5.74, 6) is 0. The first-order chi connectivity index (χ1) is 10.6. The van der Waals surface area contributed by atoms with E-state index in [1.54, 1.807) is 0 Å². The van der Waals surface area contributed by atoms with E-state index in [4.69, 9.17) is 0 Å². The van der Waals surface area contributed by atoms with Gasteiger partial charge in [0.1, 0.15) is 0 Å². The number of nitrogens with zero attached hydrogens (tertiary/aromatic N) is 1. The van der Waals surface area contributed by atoms with Crippen LogP contribution in [0.3, 0.4) is 0 Å². The first kappa shape index (κ1) is 17.5. The summed E-state index contributed by atoms with van der Waals surface area (Å²) in [4.78, 5) is 2.71. The highest BCUT2D eigenvalue weighted by atomic mass is 15.1. The van der Waals surface area contributed by atoms with Crippen LogP contribution in [0, 0.1) is 10.8 Å². The third kappa shape index (κ3) is 4.59.